The van der Waals surface area contributed by atoms with E-state index in [0.717, 1.165) is 96.1 Å². The average molecular weight is 598 g/mol. The van der Waals surface area contributed by atoms with Crippen LogP contribution >= 0.6 is 7.60 Å². The minimum atomic E-state index is -3.59. The normalized spacial score (nSPS) is 16.5. The molecule has 1 heterocycles. The molecule has 7 nitrogen and oxygen atoms in total. The van der Waals surface area contributed by atoms with Crippen molar-refractivity contribution in [3.63, 3.8) is 0 Å². The van der Waals surface area contributed by atoms with Crippen LogP contribution in [0.15, 0.2) is 48.5 Å². The highest BCUT2D eigenvalue weighted by Gasteiger charge is 2.26. The Kier molecular flexibility index (Phi) is 15.0. The van der Waals surface area contributed by atoms with Gasteiger partial charge in [0.1, 0.15) is 13.4 Å². The van der Waals surface area contributed by atoms with E-state index in [9.17, 15) is 19.0 Å². The van der Waals surface area contributed by atoms with E-state index >= 15 is 0 Å². The molecule has 42 heavy (non-hydrogen) atoms. The van der Waals surface area contributed by atoms with E-state index in [2.05, 4.69) is 53.7 Å². The minimum Gasteiger partial charge on any atom is -0.779 e. The Bertz CT molecular complexity index is 1150. The van der Waals surface area contributed by atoms with Crippen molar-refractivity contribution in [2.45, 2.75) is 102 Å². The number of nitrogens with one attached hydrogen (secondary N) is 1. The topological polar surface area (TPSA) is 98.8 Å². The van der Waals surface area contributed by atoms with E-state index in [1.807, 2.05) is 12.1 Å². The lowest BCUT2D eigenvalue weighted by Gasteiger charge is -2.34. The zero-order valence-corrected chi connectivity index (χ0v) is 26.5. The van der Waals surface area contributed by atoms with Crippen molar-refractivity contribution < 1.29 is 23.6 Å². The molecule has 3 rings (SSSR count). The van der Waals surface area contributed by atoms with Crippen molar-refractivity contribution in [2.24, 2.45) is 0 Å². The SMILES string of the molecule is CN1Cc2c(NC(=O)CCCCCCC(=O)CCCCCCCCCOP(C)(=O)[O-])cccc2C(c2ccccc2)C1. The van der Waals surface area contributed by atoms with E-state index in [-0.39, 0.29) is 12.5 Å². The summed E-state index contributed by atoms with van der Waals surface area (Å²) in [5, 5.41) is 3.18. The Morgan fingerprint density at radius 1 is 0.857 bits per heavy atom. The molecule has 2 unspecified atom stereocenters. The second-order valence-corrected chi connectivity index (χ2v) is 13.7. The Morgan fingerprint density at radius 3 is 2.10 bits per heavy atom. The molecule has 0 aromatic heterocycles. The molecule has 1 aliphatic heterocycles. The fraction of sp³-hybridized carbons (Fsp3) is 0.588. The summed E-state index contributed by atoms with van der Waals surface area (Å²) >= 11 is 0. The summed E-state index contributed by atoms with van der Waals surface area (Å²) in [6.45, 7) is 3.18. The molecule has 2 atom stereocenters. The van der Waals surface area contributed by atoms with Crippen LogP contribution in [-0.4, -0.2) is 43.5 Å². The number of carbonyl (C=O) groups excluding carboxylic acids is 2. The Balaban J connectivity index is 1.23. The van der Waals surface area contributed by atoms with Gasteiger partial charge in [0.15, 0.2) is 0 Å². The maximum atomic E-state index is 12.8. The highest BCUT2D eigenvalue weighted by Crippen LogP contribution is 2.36. The molecule has 0 fully saturated rings. The van der Waals surface area contributed by atoms with Gasteiger partial charge in [0.25, 0.3) is 0 Å². The van der Waals surface area contributed by atoms with Gasteiger partial charge in [0.05, 0.1) is 6.61 Å². The predicted molar refractivity (Wildman–Crippen MR) is 169 cm³/mol. The van der Waals surface area contributed by atoms with Gasteiger partial charge >= 0.3 is 0 Å². The molecule has 0 bridgehead atoms. The van der Waals surface area contributed by atoms with Crippen LogP contribution in [0.25, 0.3) is 0 Å². The van der Waals surface area contributed by atoms with E-state index in [1.165, 1.54) is 16.7 Å². The van der Waals surface area contributed by atoms with Gasteiger partial charge in [-0.15, -0.1) is 0 Å². The van der Waals surface area contributed by atoms with Crippen molar-refractivity contribution in [3.05, 3.63) is 65.2 Å². The highest BCUT2D eigenvalue weighted by atomic mass is 31.2. The van der Waals surface area contributed by atoms with Crippen LogP contribution in [0.3, 0.4) is 0 Å². The first-order chi connectivity index (χ1) is 20.2. The molecular weight excluding hydrogens is 547 g/mol. The first-order valence-corrected chi connectivity index (χ1v) is 17.8. The number of carbonyl (C=O) groups is 2. The molecule has 0 aliphatic carbocycles. The van der Waals surface area contributed by atoms with Crippen molar-refractivity contribution in [1.82, 2.24) is 4.90 Å². The van der Waals surface area contributed by atoms with Gasteiger partial charge in [-0.25, -0.2) is 0 Å². The van der Waals surface area contributed by atoms with Crippen molar-refractivity contribution in [1.29, 1.82) is 0 Å². The van der Waals surface area contributed by atoms with E-state index < -0.39 is 7.60 Å². The summed E-state index contributed by atoms with van der Waals surface area (Å²) in [5.74, 6) is 0.706. The molecular formula is C34H50N2O5P-. The monoisotopic (exact) mass is 597 g/mol. The third-order valence-corrected chi connectivity index (χ3v) is 8.67. The Hall–Kier alpha value is -2.31. The van der Waals surface area contributed by atoms with E-state index in [4.69, 9.17) is 4.52 Å². The molecule has 1 N–H and O–H groups in total. The van der Waals surface area contributed by atoms with Crippen LogP contribution in [0.4, 0.5) is 5.69 Å². The number of benzene rings is 2. The number of nitrogens with zero attached hydrogens (tertiary/aromatic N) is 1. The van der Waals surface area contributed by atoms with Crippen LogP contribution < -0.4 is 10.2 Å². The maximum absolute atomic E-state index is 12.8. The van der Waals surface area contributed by atoms with Gasteiger partial charge in [0.2, 0.25) is 5.91 Å². The lowest BCUT2D eigenvalue weighted by atomic mass is 9.84. The second kappa shape index (κ2) is 18.4. The number of hydrogen-bond donors (Lipinski definition) is 1. The fourth-order valence-electron chi connectivity index (χ4n) is 5.78. The lowest BCUT2D eigenvalue weighted by molar-refractivity contribution is -0.196. The molecule has 1 amide bonds. The number of hydrogen-bond acceptors (Lipinski definition) is 6. The van der Waals surface area contributed by atoms with Gasteiger partial charge in [-0.05, 0) is 55.5 Å². The molecule has 2 aromatic rings. The van der Waals surface area contributed by atoms with Crippen molar-refractivity contribution in [2.75, 3.05) is 32.2 Å². The molecule has 8 heteroatoms. The first-order valence-electron chi connectivity index (χ1n) is 15.8. The second-order valence-electron chi connectivity index (χ2n) is 11.9. The summed E-state index contributed by atoms with van der Waals surface area (Å²) in [5.41, 5.74) is 4.74. The molecule has 0 saturated heterocycles. The van der Waals surface area contributed by atoms with Gasteiger partial charge in [0, 0.05) is 50.6 Å². The largest absolute Gasteiger partial charge is 0.779 e. The van der Waals surface area contributed by atoms with Crippen LogP contribution in [0, 0.1) is 0 Å². The van der Waals surface area contributed by atoms with E-state index in [0.29, 0.717) is 31.0 Å². The van der Waals surface area contributed by atoms with E-state index in [1.54, 1.807) is 0 Å². The quantitative estimate of drug-likeness (QED) is 0.126. The number of fused-ring (bicyclic) bond motifs is 1. The summed E-state index contributed by atoms with van der Waals surface area (Å²) in [7, 11) is -1.45. The fourth-order valence-corrected chi connectivity index (χ4v) is 6.24. The lowest BCUT2D eigenvalue weighted by Crippen LogP contribution is -2.32. The van der Waals surface area contributed by atoms with Crippen LogP contribution in [0.2, 0.25) is 0 Å². The average Bonchev–Trinajstić information content (AvgIpc) is 2.95. The predicted octanol–water partition coefficient (Wildman–Crippen LogP) is 7.43. The summed E-state index contributed by atoms with van der Waals surface area (Å²) in [6, 6.07) is 16.9. The minimum absolute atomic E-state index is 0.0616. The van der Waals surface area contributed by atoms with Crippen molar-refractivity contribution >= 4 is 25.0 Å². The number of amides is 1. The smallest absolute Gasteiger partial charge is 0.224 e. The Morgan fingerprint density at radius 2 is 1.45 bits per heavy atom. The third-order valence-electron chi connectivity index (χ3n) is 8.02. The molecule has 0 saturated carbocycles. The summed E-state index contributed by atoms with van der Waals surface area (Å²) < 4.78 is 15.7. The molecule has 1 aliphatic rings. The number of rotatable bonds is 20. The number of unbranched alkanes of at least 4 members (excludes halogenated alkanes) is 9. The number of ketones is 1. The van der Waals surface area contributed by atoms with Gasteiger partial charge in [-0.3, -0.25) is 9.59 Å². The highest BCUT2D eigenvalue weighted by molar-refractivity contribution is 7.50. The standard InChI is InChI=1S/C34H51N2O5P/c1-36-26-31(28-18-11-10-12-19-28)30-22-17-23-33(32(30)27-36)35-34(38)24-15-8-7-14-21-29(37)20-13-6-4-3-5-9-16-25-41-42(2,39)40/h10-12,17-19,22-23,31H,3-9,13-16,20-21,24-27H2,1-2H3,(H,35,38)(H,39,40)/p-1. The molecule has 2 aromatic carbocycles. The first kappa shape index (κ1) is 34.2. The molecule has 0 spiro atoms. The van der Waals surface area contributed by atoms with Crippen LogP contribution in [0.1, 0.15) is 112 Å². The van der Waals surface area contributed by atoms with Crippen LogP contribution in [0.5, 0.6) is 0 Å². The number of likely N-dealkylation sites (N-methyl/N-ethyl adjacent to an activating group) is 1. The van der Waals surface area contributed by atoms with Crippen LogP contribution in [-0.2, 0) is 25.2 Å². The van der Waals surface area contributed by atoms with Crippen molar-refractivity contribution in [3.8, 4) is 0 Å². The van der Waals surface area contributed by atoms with Gasteiger partial charge in [-0.1, -0.05) is 87.4 Å². The maximum Gasteiger partial charge on any atom is 0.224 e. The van der Waals surface area contributed by atoms with Gasteiger partial charge < -0.3 is 24.2 Å². The Labute approximate surface area is 253 Å². The summed E-state index contributed by atoms with van der Waals surface area (Å²) in [6.07, 6.45) is 12.5. The third kappa shape index (κ3) is 12.9. The molecule has 232 valence electrons. The number of Topliss-reactive ketones (excluding diaryl/α,β-unsaturated/α-hetero) is 1. The molecule has 0 radical (unpaired) electrons. The van der Waals surface area contributed by atoms with Gasteiger partial charge in [-0.2, -0.15) is 0 Å². The number of anilines is 1. The zero-order chi connectivity index (χ0) is 30.2. The zero-order valence-electron chi connectivity index (χ0n) is 25.7. The summed E-state index contributed by atoms with van der Waals surface area (Å²) in [4.78, 5) is 38.2.